The molecule has 1 spiro atoms. The van der Waals surface area contributed by atoms with Gasteiger partial charge < -0.3 is 10.3 Å². The fourth-order valence-electron chi connectivity index (χ4n) is 3.75. The van der Waals surface area contributed by atoms with E-state index in [2.05, 4.69) is 10.3 Å². The number of rotatable bonds is 3. The van der Waals surface area contributed by atoms with Crippen LogP contribution in [0.4, 0.5) is 0 Å². The van der Waals surface area contributed by atoms with Crippen molar-refractivity contribution in [3.8, 4) is 0 Å². The zero-order valence-corrected chi connectivity index (χ0v) is 11.8. The van der Waals surface area contributed by atoms with Gasteiger partial charge in [-0.1, -0.05) is 12.5 Å². The number of aromatic nitrogens is 1. The van der Waals surface area contributed by atoms with Crippen LogP contribution in [0.5, 0.6) is 0 Å². The predicted molar refractivity (Wildman–Crippen MR) is 80.5 cm³/mol. The molecule has 1 aromatic heterocycles. The predicted octanol–water partition coefficient (Wildman–Crippen LogP) is 3.04. The highest BCUT2D eigenvalue weighted by atomic mass is 16.1. The largest absolute Gasteiger partial charge is 0.360 e. The first-order chi connectivity index (χ1) is 10.2. The molecule has 2 aromatic rings. The van der Waals surface area contributed by atoms with Crippen LogP contribution in [0.3, 0.4) is 0 Å². The van der Waals surface area contributed by atoms with E-state index in [1.165, 1.54) is 25.7 Å². The Morgan fingerprint density at radius 3 is 2.95 bits per heavy atom. The molecular weight excluding hydrogens is 264 g/mol. The molecule has 4 rings (SSSR count). The van der Waals surface area contributed by atoms with Gasteiger partial charge in [0.05, 0.1) is 0 Å². The average Bonchev–Trinajstić information content (AvgIpc) is 3.00. The number of H-pyrrole nitrogens is 1. The third kappa shape index (κ3) is 1.97. The zero-order valence-electron chi connectivity index (χ0n) is 11.8. The van der Waals surface area contributed by atoms with Crippen LogP contribution in [0.25, 0.3) is 10.9 Å². The van der Waals surface area contributed by atoms with Gasteiger partial charge in [-0.05, 0) is 43.2 Å². The molecule has 0 saturated heterocycles. The van der Waals surface area contributed by atoms with Gasteiger partial charge in [0.1, 0.15) is 0 Å². The highest BCUT2D eigenvalue weighted by molar-refractivity contribution is 6.02. The fourth-order valence-corrected chi connectivity index (χ4v) is 3.75. The van der Waals surface area contributed by atoms with Gasteiger partial charge in [-0.2, -0.15) is 0 Å². The summed E-state index contributed by atoms with van der Waals surface area (Å²) in [6, 6.07) is 5.81. The second-order valence-corrected chi connectivity index (χ2v) is 6.40. The number of aromatic amines is 1. The number of amides is 1. The Hall–Kier alpha value is -2.10. The van der Waals surface area contributed by atoms with Crippen LogP contribution in [0.1, 0.15) is 52.8 Å². The van der Waals surface area contributed by atoms with Crippen LogP contribution in [-0.4, -0.2) is 23.2 Å². The summed E-state index contributed by atoms with van der Waals surface area (Å²) in [5.41, 5.74) is 2.53. The van der Waals surface area contributed by atoms with Crippen LogP contribution >= 0.6 is 0 Å². The van der Waals surface area contributed by atoms with Gasteiger partial charge in [0.25, 0.3) is 5.91 Å². The van der Waals surface area contributed by atoms with Crippen molar-refractivity contribution >= 4 is 23.1 Å². The summed E-state index contributed by atoms with van der Waals surface area (Å²) in [7, 11) is 0. The second-order valence-electron chi connectivity index (χ2n) is 6.40. The Balaban J connectivity index is 1.58. The van der Waals surface area contributed by atoms with Gasteiger partial charge in [-0.25, -0.2) is 0 Å². The SMILES string of the molecule is O=Cc1c[nH]c2cc(C(=O)NC3CCCC34CC4)ccc12. The number of nitrogens with one attached hydrogen (secondary N) is 2. The summed E-state index contributed by atoms with van der Waals surface area (Å²) in [6.07, 6.45) is 8.61. The molecule has 0 aliphatic heterocycles. The maximum Gasteiger partial charge on any atom is 0.251 e. The third-order valence-electron chi connectivity index (χ3n) is 5.21. The monoisotopic (exact) mass is 282 g/mol. The highest BCUT2D eigenvalue weighted by Crippen LogP contribution is 2.57. The number of aldehydes is 1. The van der Waals surface area contributed by atoms with Crippen LogP contribution in [0.15, 0.2) is 24.4 Å². The van der Waals surface area contributed by atoms with E-state index in [1.54, 1.807) is 12.3 Å². The molecule has 1 amide bonds. The standard InChI is InChI=1S/C17H18N2O2/c20-10-12-9-18-14-8-11(3-4-13(12)14)16(21)19-15-2-1-5-17(15)6-7-17/h3-4,8-10,15,18H,1-2,5-7H2,(H,19,21). The van der Waals surface area contributed by atoms with E-state index in [9.17, 15) is 9.59 Å². The third-order valence-corrected chi connectivity index (χ3v) is 5.21. The first-order valence-electron chi connectivity index (χ1n) is 7.59. The quantitative estimate of drug-likeness (QED) is 0.850. The molecule has 4 nitrogen and oxygen atoms in total. The van der Waals surface area contributed by atoms with E-state index < -0.39 is 0 Å². The summed E-state index contributed by atoms with van der Waals surface area (Å²) in [5.74, 6) is -0.00247. The minimum absolute atomic E-state index is 0.00247. The normalized spacial score (nSPS) is 22.6. The van der Waals surface area contributed by atoms with Crippen molar-refractivity contribution in [3.63, 3.8) is 0 Å². The first-order valence-corrected chi connectivity index (χ1v) is 7.59. The number of fused-ring (bicyclic) bond motifs is 1. The summed E-state index contributed by atoms with van der Waals surface area (Å²) >= 11 is 0. The van der Waals surface area contributed by atoms with Crippen molar-refractivity contribution in [2.45, 2.75) is 38.1 Å². The molecular formula is C17H18N2O2. The van der Waals surface area contributed by atoms with Crippen molar-refractivity contribution in [1.82, 2.24) is 10.3 Å². The van der Waals surface area contributed by atoms with Crippen molar-refractivity contribution in [1.29, 1.82) is 0 Å². The number of carbonyl (C=O) groups is 2. The van der Waals surface area contributed by atoms with Crippen LogP contribution in [-0.2, 0) is 0 Å². The molecule has 1 atom stereocenters. The van der Waals surface area contributed by atoms with E-state index in [-0.39, 0.29) is 5.91 Å². The molecule has 2 aliphatic rings. The summed E-state index contributed by atoms with van der Waals surface area (Å²) in [6.45, 7) is 0. The van der Waals surface area contributed by atoms with Crippen LogP contribution < -0.4 is 5.32 Å². The topological polar surface area (TPSA) is 62.0 Å². The minimum Gasteiger partial charge on any atom is -0.360 e. The fraction of sp³-hybridized carbons (Fsp3) is 0.412. The molecule has 1 heterocycles. The van der Waals surface area contributed by atoms with Crippen molar-refractivity contribution in [2.75, 3.05) is 0 Å². The summed E-state index contributed by atoms with van der Waals surface area (Å²) in [4.78, 5) is 26.4. The van der Waals surface area contributed by atoms with Gasteiger partial charge in [-0.3, -0.25) is 9.59 Å². The molecule has 4 heteroatoms. The van der Waals surface area contributed by atoms with E-state index >= 15 is 0 Å². The zero-order chi connectivity index (χ0) is 14.4. The molecule has 1 unspecified atom stereocenters. The minimum atomic E-state index is -0.00247. The smallest absolute Gasteiger partial charge is 0.251 e. The first kappa shape index (κ1) is 12.6. The van der Waals surface area contributed by atoms with E-state index in [0.29, 0.717) is 22.6 Å². The lowest BCUT2D eigenvalue weighted by Crippen LogP contribution is -2.38. The molecule has 1 aromatic carbocycles. The Morgan fingerprint density at radius 2 is 2.19 bits per heavy atom. The lowest BCUT2D eigenvalue weighted by atomic mass is 10.00. The number of carbonyl (C=O) groups excluding carboxylic acids is 2. The molecule has 108 valence electrons. The molecule has 2 saturated carbocycles. The summed E-state index contributed by atoms with van der Waals surface area (Å²) in [5, 5.41) is 4.07. The summed E-state index contributed by atoms with van der Waals surface area (Å²) < 4.78 is 0. The highest BCUT2D eigenvalue weighted by Gasteiger charge is 2.52. The van der Waals surface area contributed by atoms with Crippen LogP contribution in [0, 0.1) is 5.41 Å². The maximum atomic E-state index is 12.4. The maximum absolute atomic E-state index is 12.4. The molecule has 0 radical (unpaired) electrons. The molecule has 2 aliphatic carbocycles. The van der Waals surface area contributed by atoms with Gasteiger partial charge in [0, 0.05) is 34.3 Å². The van der Waals surface area contributed by atoms with E-state index in [1.807, 2.05) is 12.1 Å². The van der Waals surface area contributed by atoms with Gasteiger partial charge in [0.2, 0.25) is 0 Å². The Labute approximate surface area is 122 Å². The van der Waals surface area contributed by atoms with Crippen molar-refractivity contribution in [3.05, 3.63) is 35.5 Å². The van der Waals surface area contributed by atoms with Crippen LogP contribution in [0.2, 0.25) is 0 Å². The average molecular weight is 282 g/mol. The van der Waals surface area contributed by atoms with Gasteiger partial charge in [-0.15, -0.1) is 0 Å². The molecule has 2 N–H and O–H groups in total. The molecule has 2 fully saturated rings. The van der Waals surface area contributed by atoms with Gasteiger partial charge >= 0.3 is 0 Å². The Kier molecular flexibility index (Phi) is 2.67. The van der Waals surface area contributed by atoms with E-state index in [0.717, 1.165) is 23.6 Å². The molecule has 0 bridgehead atoms. The lowest BCUT2D eigenvalue weighted by Gasteiger charge is -2.20. The van der Waals surface area contributed by atoms with Crippen molar-refractivity contribution < 1.29 is 9.59 Å². The Morgan fingerprint density at radius 1 is 1.33 bits per heavy atom. The van der Waals surface area contributed by atoms with Gasteiger partial charge in [0.15, 0.2) is 6.29 Å². The number of benzene rings is 1. The lowest BCUT2D eigenvalue weighted by molar-refractivity contribution is 0.0924. The Bertz CT molecular complexity index is 727. The van der Waals surface area contributed by atoms with E-state index in [4.69, 9.17) is 0 Å². The number of hydrogen-bond acceptors (Lipinski definition) is 2. The van der Waals surface area contributed by atoms with Crippen molar-refractivity contribution in [2.24, 2.45) is 5.41 Å². The number of hydrogen-bond donors (Lipinski definition) is 2. The second kappa shape index (κ2) is 4.45. The molecule has 21 heavy (non-hydrogen) atoms.